The molecule has 1 N–H and O–H groups in total. The molecular formula is C15H20BrN3O3. The highest BCUT2D eigenvalue weighted by molar-refractivity contribution is 9.10. The highest BCUT2D eigenvalue weighted by Gasteiger charge is 2.41. The number of aromatic nitrogens is 1. The van der Waals surface area contributed by atoms with E-state index in [1.165, 1.54) is 4.90 Å². The quantitative estimate of drug-likeness (QED) is 0.868. The second-order valence-corrected chi connectivity index (χ2v) is 7.22. The molecule has 1 saturated heterocycles. The Morgan fingerprint density at radius 3 is 2.64 bits per heavy atom. The number of amides is 2. The molecule has 7 heteroatoms. The second-order valence-electron chi connectivity index (χ2n) is 6.31. The zero-order chi connectivity index (χ0) is 16.5. The number of carbonyl (C=O) groups excluding carboxylic acids is 1. The molecule has 0 bridgehead atoms. The maximum atomic E-state index is 12.8. The van der Waals surface area contributed by atoms with Crippen molar-refractivity contribution in [3.63, 3.8) is 0 Å². The topological polar surface area (TPSA) is 73.7 Å². The molecule has 0 aromatic carbocycles. The summed E-state index contributed by atoms with van der Waals surface area (Å²) in [4.78, 5) is 31.5. The van der Waals surface area contributed by atoms with Crippen molar-refractivity contribution in [3.8, 4) is 0 Å². The van der Waals surface area contributed by atoms with E-state index in [1.807, 2.05) is 6.07 Å². The average molecular weight is 370 g/mol. The van der Waals surface area contributed by atoms with Gasteiger partial charge >= 0.3 is 6.09 Å². The van der Waals surface area contributed by atoms with Crippen molar-refractivity contribution < 1.29 is 14.7 Å². The fourth-order valence-electron chi connectivity index (χ4n) is 2.74. The van der Waals surface area contributed by atoms with Crippen molar-refractivity contribution in [2.45, 2.75) is 45.2 Å². The Kier molecular flexibility index (Phi) is 4.75. The van der Waals surface area contributed by atoms with E-state index in [1.54, 1.807) is 37.9 Å². The molecule has 1 aliphatic rings. The van der Waals surface area contributed by atoms with E-state index in [4.69, 9.17) is 0 Å². The maximum Gasteiger partial charge on any atom is 0.408 e. The van der Waals surface area contributed by atoms with Crippen LogP contribution in [-0.2, 0) is 4.79 Å². The minimum Gasteiger partial charge on any atom is -0.465 e. The number of halogens is 1. The number of anilines is 1. The Hall–Kier alpha value is -1.63. The lowest BCUT2D eigenvalue weighted by Gasteiger charge is -2.42. The number of pyridine rings is 1. The molecule has 2 amide bonds. The Morgan fingerprint density at radius 2 is 2.14 bits per heavy atom. The summed E-state index contributed by atoms with van der Waals surface area (Å²) in [5, 5.41) is 9.51. The fraction of sp³-hybridized carbons (Fsp3) is 0.533. The molecule has 0 radical (unpaired) electrons. The van der Waals surface area contributed by atoms with Gasteiger partial charge in [-0.05, 0) is 61.7 Å². The van der Waals surface area contributed by atoms with Crippen LogP contribution in [-0.4, -0.2) is 45.1 Å². The SMILES string of the molecule is CC(C)(C)N(C(=O)O)[C@H]1CCCN(c2ccc(Br)cn2)C1=O. The van der Waals surface area contributed by atoms with Gasteiger partial charge in [0.25, 0.3) is 5.91 Å². The summed E-state index contributed by atoms with van der Waals surface area (Å²) in [7, 11) is 0. The Labute approximate surface area is 138 Å². The van der Waals surface area contributed by atoms with Crippen LogP contribution < -0.4 is 4.90 Å². The number of carbonyl (C=O) groups is 2. The minimum atomic E-state index is -1.07. The molecule has 1 aromatic rings. The molecule has 22 heavy (non-hydrogen) atoms. The van der Waals surface area contributed by atoms with Crippen LogP contribution in [0.2, 0.25) is 0 Å². The van der Waals surface area contributed by atoms with Gasteiger partial charge in [0.2, 0.25) is 0 Å². The predicted molar refractivity (Wildman–Crippen MR) is 86.9 cm³/mol. The monoisotopic (exact) mass is 369 g/mol. The van der Waals surface area contributed by atoms with Crippen LogP contribution in [0, 0.1) is 0 Å². The minimum absolute atomic E-state index is 0.210. The van der Waals surface area contributed by atoms with Crippen LogP contribution in [0.3, 0.4) is 0 Å². The van der Waals surface area contributed by atoms with Gasteiger partial charge in [0, 0.05) is 22.8 Å². The Morgan fingerprint density at radius 1 is 1.45 bits per heavy atom. The van der Waals surface area contributed by atoms with Gasteiger partial charge < -0.3 is 5.11 Å². The molecule has 6 nitrogen and oxygen atoms in total. The van der Waals surface area contributed by atoms with Gasteiger partial charge in [0.05, 0.1) is 0 Å². The number of rotatable bonds is 2. The number of hydrogen-bond donors (Lipinski definition) is 1. The molecule has 2 heterocycles. The first kappa shape index (κ1) is 16.7. The summed E-state index contributed by atoms with van der Waals surface area (Å²) in [5.41, 5.74) is -0.637. The molecule has 1 aliphatic heterocycles. The lowest BCUT2D eigenvalue weighted by atomic mass is 9.97. The van der Waals surface area contributed by atoms with Gasteiger partial charge in [-0.15, -0.1) is 0 Å². The highest BCUT2D eigenvalue weighted by Crippen LogP contribution is 2.27. The van der Waals surface area contributed by atoms with Gasteiger partial charge in [-0.25, -0.2) is 9.78 Å². The Balaban J connectivity index is 2.29. The number of nitrogens with zero attached hydrogens (tertiary/aromatic N) is 3. The molecule has 0 spiro atoms. The van der Waals surface area contributed by atoms with E-state index >= 15 is 0 Å². The van der Waals surface area contributed by atoms with Crippen LogP contribution in [0.4, 0.5) is 10.6 Å². The lowest BCUT2D eigenvalue weighted by molar-refractivity contribution is -0.126. The third kappa shape index (κ3) is 3.40. The summed E-state index contributed by atoms with van der Waals surface area (Å²) in [6.45, 7) is 5.95. The molecule has 1 aromatic heterocycles. The van der Waals surface area contributed by atoms with E-state index < -0.39 is 17.7 Å². The summed E-state index contributed by atoms with van der Waals surface area (Å²) < 4.78 is 0.833. The molecule has 0 aliphatic carbocycles. The third-order valence-electron chi connectivity index (χ3n) is 3.64. The maximum absolute atomic E-state index is 12.8. The van der Waals surface area contributed by atoms with Crippen LogP contribution >= 0.6 is 15.9 Å². The summed E-state index contributed by atoms with van der Waals surface area (Å²) >= 11 is 3.31. The normalized spacial score (nSPS) is 19.2. The molecule has 1 fully saturated rings. The van der Waals surface area contributed by atoms with Crippen LogP contribution in [0.25, 0.3) is 0 Å². The summed E-state index contributed by atoms with van der Waals surface area (Å²) in [6, 6.07) is 2.90. The summed E-state index contributed by atoms with van der Waals surface area (Å²) in [6.07, 6.45) is 1.84. The van der Waals surface area contributed by atoms with Crippen molar-refractivity contribution >= 4 is 33.7 Å². The summed E-state index contributed by atoms with van der Waals surface area (Å²) in [5.74, 6) is 0.343. The first-order valence-electron chi connectivity index (χ1n) is 7.17. The number of hydrogen-bond acceptors (Lipinski definition) is 3. The van der Waals surface area contributed by atoms with Crippen molar-refractivity contribution in [3.05, 3.63) is 22.8 Å². The van der Waals surface area contributed by atoms with Crippen molar-refractivity contribution in [2.24, 2.45) is 0 Å². The molecule has 0 unspecified atom stereocenters. The van der Waals surface area contributed by atoms with Crippen molar-refractivity contribution in [1.82, 2.24) is 9.88 Å². The zero-order valence-corrected chi connectivity index (χ0v) is 14.5. The molecule has 2 rings (SSSR count). The zero-order valence-electron chi connectivity index (χ0n) is 12.9. The van der Waals surface area contributed by atoms with Gasteiger partial charge in [-0.2, -0.15) is 0 Å². The number of piperidine rings is 1. The van der Waals surface area contributed by atoms with Gasteiger partial charge in [-0.1, -0.05) is 0 Å². The van der Waals surface area contributed by atoms with Gasteiger partial charge in [0.15, 0.2) is 0 Å². The van der Waals surface area contributed by atoms with Crippen LogP contribution in [0.15, 0.2) is 22.8 Å². The molecule has 1 atom stereocenters. The highest BCUT2D eigenvalue weighted by atomic mass is 79.9. The standard InChI is InChI=1S/C15H20BrN3O3/c1-15(2,3)19(14(21)22)11-5-4-8-18(13(11)20)12-7-6-10(16)9-17-12/h6-7,9,11H,4-5,8H2,1-3H3,(H,21,22)/t11-/m0/s1. The average Bonchev–Trinajstić information content (AvgIpc) is 2.40. The van der Waals surface area contributed by atoms with E-state index in [0.717, 1.165) is 10.9 Å². The number of carboxylic acid groups (broad SMARTS) is 1. The first-order valence-corrected chi connectivity index (χ1v) is 7.96. The third-order valence-corrected chi connectivity index (χ3v) is 4.11. The predicted octanol–water partition coefficient (Wildman–Crippen LogP) is 3.12. The van der Waals surface area contributed by atoms with E-state index in [9.17, 15) is 14.7 Å². The van der Waals surface area contributed by atoms with Crippen molar-refractivity contribution in [2.75, 3.05) is 11.4 Å². The van der Waals surface area contributed by atoms with Gasteiger partial charge in [-0.3, -0.25) is 14.6 Å². The van der Waals surface area contributed by atoms with Crippen LogP contribution in [0.1, 0.15) is 33.6 Å². The smallest absolute Gasteiger partial charge is 0.408 e. The fourth-order valence-corrected chi connectivity index (χ4v) is 2.97. The largest absolute Gasteiger partial charge is 0.465 e. The Bertz CT molecular complexity index is 568. The van der Waals surface area contributed by atoms with E-state index in [2.05, 4.69) is 20.9 Å². The van der Waals surface area contributed by atoms with E-state index in [0.29, 0.717) is 18.8 Å². The van der Waals surface area contributed by atoms with Crippen LogP contribution in [0.5, 0.6) is 0 Å². The lowest BCUT2D eigenvalue weighted by Crippen LogP contribution is -2.59. The van der Waals surface area contributed by atoms with Crippen molar-refractivity contribution in [1.29, 1.82) is 0 Å². The molecule has 120 valence electrons. The van der Waals surface area contributed by atoms with E-state index in [-0.39, 0.29) is 5.91 Å². The molecule has 0 saturated carbocycles. The second kappa shape index (κ2) is 6.24. The molecular weight excluding hydrogens is 350 g/mol. The van der Waals surface area contributed by atoms with Gasteiger partial charge in [0.1, 0.15) is 11.9 Å². The first-order chi connectivity index (χ1) is 10.2.